The van der Waals surface area contributed by atoms with Crippen molar-refractivity contribution in [3.8, 4) is 0 Å². The van der Waals surface area contributed by atoms with E-state index in [-0.39, 0.29) is 0 Å². The molecule has 3 nitrogen and oxygen atoms in total. The summed E-state index contributed by atoms with van der Waals surface area (Å²) in [7, 11) is 6.04. The summed E-state index contributed by atoms with van der Waals surface area (Å²) >= 11 is 0. The number of allylic oxidation sites excluding steroid dienone is 5. The van der Waals surface area contributed by atoms with Gasteiger partial charge in [0.2, 0.25) is 0 Å². The Kier molecular flexibility index (Phi) is 15.0. The van der Waals surface area contributed by atoms with Crippen LogP contribution in [-0.4, -0.2) is 39.1 Å². The van der Waals surface area contributed by atoms with Crippen molar-refractivity contribution < 1.29 is 0 Å². The Morgan fingerprint density at radius 1 is 1.28 bits per heavy atom. The minimum Gasteiger partial charge on any atom is -0.402 e. The molecular formula is C15H31N3. The molecule has 0 heterocycles. The second-order valence-corrected chi connectivity index (χ2v) is 4.36. The Morgan fingerprint density at radius 3 is 2.17 bits per heavy atom. The monoisotopic (exact) mass is 253 g/mol. The van der Waals surface area contributed by atoms with Crippen molar-refractivity contribution in [1.29, 1.82) is 0 Å². The summed E-state index contributed by atoms with van der Waals surface area (Å²) in [6.45, 7) is 8.46. The summed E-state index contributed by atoms with van der Waals surface area (Å²) in [5, 5.41) is 2.93. The second-order valence-electron chi connectivity index (χ2n) is 4.36. The van der Waals surface area contributed by atoms with Gasteiger partial charge >= 0.3 is 0 Å². The SMILES string of the molecule is CC1=CC=C(N)CC=C1.CCN(C)C.CCNC. The number of hydrogen-bond donors (Lipinski definition) is 2. The van der Waals surface area contributed by atoms with Gasteiger partial charge in [0, 0.05) is 12.1 Å². The highest BCUT2D eigenvalue weighted by Gasteiger charge is 1.88. The fourth-order valence-electron chi connectivity index (χ4n) is 0.743. The van der Waals surface area contributed by atoms with Gasteiger partial charge in [0.05, 0.1) is 0 Å². The van der Waals surface area contributed by atoms with E-state index in [2.05, 4.69) is 57.2 Å². The maximum Gasteiger partial charge on any atom is 0.0119 e. The first kappa shape index (κ1) is 19.3. The molecule has 3 heteroatoms. The summed E-state index contributed by atoms with van der Waals surface area (Å²) in [6.07, 6.45) is 9.02. The fraction of sp³-hybridized carbons (Fsp3) is 0.600. The summed E-state index contributed by atoms with van der Waals surface area (Å²) in [5.41, 5.74) is 7.76. The standard InChI is InChI=1S/C8H11N.C4H11N.C3H9N/c1-7-3-2-4-8(9)6-5-7;1-4-5(2)3;1-3-4-2/h2-3,5-6H,4,9H2,1H3;4H2,1-3H3;4H,3H2,1-2H3. The first-order valence-electron chi connectivity index (χ1n) is 6.56. The molecule has 0 aromatic heterocycles. The molecule has 0 saturated carbocycles. The van der Waals surface area contributed by atoms with Gasteiger partial charge in [0.1, 0.15) is 0 Å². The third-order valence-electron chi connectivity index (χ3n) is 2.28. The lowest BCUT2D eigenvalue weighted by Crippen LogP contribution is -2.08. The number of nitrogens with two attached hydrogens (primary N) is 1. The van der Waals surface area contributed by atoms with E-state index in [0.29, 0.717) is 0 Å². The molecule has 106 valence electrons. The van der Waals surface area contributed by atoms with E-state index < -0.39 is 0 Å². The summed E-state index contributed by atoms with van der Waals surface area (Å²) in [5.74, 6) is 0. The molecule has 0 bridgehead atoms. The van der Waals surface area contributed by atoms with Gasteiger partial charge in [-0.1, -0.05) is 37.6 Å². The zero-order valence-corrected chi connectivity index (χ0v) is 13.0. The quantitative estimate of drug-likeness (QED) is 0.794. The van der Waals surface area contributed by atoms with Crippen molar-refractivity contribution in [3.63, 3.8) is 0 Å². The average molecular weight is 253 g/mol. The van der Waals surface area contributed by atoms with Crippen molar-refractivity contribution >= 4 is 0 Å². The highest BCUT2D eigenvalue weighted by Crippen LogP contribution is 2.05. The summed E-state index contributed by atoms with van der Waals surface area (Å²) < 4.78 is 0. The van der Waals surface area contributed by atoms with Crippen LogP contribution in [0.3, 0.4) is 0 Å². The maximum atomic E-state index is 5.56. The molecule has 0 aliphatic heterocycles. The summed E-state index contributed by atoms with van der Waals surface area (Å²) in [4.78, 5) is 2.12. The van der Waals surface area contributed by atoms with E-state index in [0.717, 1.165) is 25.2 Å². The smallest absolute Gasteiger partial charge is 0.0119 e. The van der Waals surface area contributed by atoms with E-state index in [1.807, 2.05) is 19.2 Å². The molecule has 0 atom stereocenters. The Balaban J connectivity index is 0. The third-order valence-corrected chi connectivity index (χ3v) is 2.28. The minimum absolute atomic E-state index is 0.883. The molecule has 1 rings (SSSR count). The van der Waals surface area contributed by atoms with Gasteiger partial charge in [-0.25, -0.2) is 0 Å². The fourth-order valence-corrected chi connectivity index (χ4v) is 0.743. The predicted molar refractivity (Wildman–Crippen MR) is 83.6 cm³/mol. The normalized spacial score (nSPS) is 13.5. The Morgan fingerprint density at radius 2 is 1.78 bits per heavy atom. The van der Waals surface area contributed by atoms with Crippen molar-refractivity contribution in [2.24, 2.45) is 5.73 Å². The Bertz CT molecular complexity index is 261. The van der Waals surface area contributed by atoms with Crippen molar-refractivity contribution in [1.82, 2.24) is 10.2 Å². The van der Waals surface area contributed by atoms with Crippen LogP contribution in [0.15, 0.2) is 35.6 Å². The molecule has 0 aromatic carbocycles. The van der Waals surface area contributed by atoms with Crippen LogP contribution >= 0.6 is 0 Å². The average Bonchev–Trinajstić information content (AvgIpc) is 2.55. The highest BCUT2D eigenvalue weighted by atomic mass is 15.0. The lowest BCUT2D eigenvalue weighted by molar-refractivity contribution is 0.434. The van der Waals surface area contributed by atoms with Gasteiger partial charge in [0.15, 0.2) is 0 Å². The zero-order chi connectivity index (χ0) is 14.4. The molecule has 18 heavy (non-hydrogen) atoms. The molecule has 1 aliphatic rings. The molecule has 0 saturated heterocycles. The maximum absolute atomic E-state index is 5.56. The van der Waals surface area contributed by atoms with Crippen molar-refractivity contribution in [3.05, 3.63) is 35.6 Å². The van der Waals surface area contributed by atoms with Crippen LogP contribution in [0.2, 0.25) is 0 Å². The molecule has 0 spiro atoms. The Hall–Kier alpha value is -1.06. The third kappa shape index (κ3) is 17.3. The second kappa shape index (κ2) is 14.0. The molecular weight excluding hydrogens is 222 g/mol. The molecule has 0 amide bonds. The molecule has 1 aliphatic carbocycles. The lowest BCUT2D eigenvalue weighted by Gasteiger charge is -2.00. The van der Waals surface area contributed by atoms with Crippen LogP contribution in [-0.2, 0) is 0 Å². The van der Waals surface area contributed by atoms with Gasteiger partial charge in [0.25, 0.3) is 0 Å². The number of nitrogens with zero attached hydrogens (tertiary/aromatic N) is 1. The lowest BCUT2D eigenvalue weighted by atomic mass is 10.3. The van der Waals surface area contributed by atoms with E-state index >= 15 is 0 Å². The molecule has 0 unspecified atom stereocenters. The van der Waals surface area contributed by atoms with Crippen molar-refractivity contribution in [2.45, 2.75) is 27.2 Å². The minimum atomic E-state index is 0.883. The highest BCUT2D eigenvalue weighted by molar-refractivity contribution is 5.28. The first-order chi connectivity index (χ1) is 8.47. The molecule has 0 aromatic rings. The van der Waals surface area contributed by atoms with Crippen LogP contribution in [0, 0.1) is 0 Å². The number of nitrogens with one attached hydrogen (secondary N) is 1. The van der Waals surface area contributed by atoms with Crippen LogP contribution in [0.1, 0.15) is 27.2 Å². The van der Waals surface area contributed by atoms with Crippen LogP contribution in [0.5, 0.6) is 0 Å². The number of rotatable bonds is 2. The van der Waals surface area contributed by atoms with Gasteiger partial charge < -0.3 is 16.0 Å². The molecule has 0 radical (unpaired) electrons. The van der Waals surface area contributed by atoms with E-state index in [1.54, 1.807) is 0 Å². The topological polar surface area (TPSA) is 41.3 Å². The Labute approximate surface area is 113 Å². The zero-order valence-electron chi connectivity index (χ0n) is 13.0. The van der Waals surface area contributed by atoms with Crippen LogP contribution < -0.4 is 11.1 Å². The van der Waals surface area contributed by atoms with Gasteiger partial charge in [-0.05, 0) is 47.2 Å². The largest absolute Gasteiger partial charge is 0.402 e. The van der Waals surface area contributed by atoms with Crippen LogP contribution in [0.4, 0.5) is 0 Å². The number of hydrogen-bond acceptors (Lipinski definition) is 3. The molecule has 0 fully saturated rings. The van der Waals surface area contributed by atoms with E-state index in [4.69, 9.17) is 5.73 Å². The van der Waals surface area contributed by atoms with Crippen LogP contribution in [0.25, 0.3) is 0 Å². The van der Waals surface area contributed by atoms with E-state index in [9.17, 15) is 0 Å². The summed E-state index contributed by atoms with van der Waals surface area (Å²) in [6, 6.07) is 0. The van der Waals surface area contributed by atoms with Crippen molar-refractivity contribution in [2.75, 3.05) is 34.2 Å². The van der Waals surface area contributed by atoms with Gasteiger partial charge in [-0.2, -0.15) is 0 Å². The van der Waals surface area contributed by atoms with Gasteiger partial charge in [-0.15, -0.1) is 0 Å². The van der Waals surface area contributed by atoms with E-state index in [1.165, 1.54) is 5.57 Å². The predicted octanol–water partition coefficient (Wildman–Crippen LogP) is 2.53. The van der Waals surface area contributed by atoms with Gasteiger partial charge in [-0.3, -0.25) is 0 Å². The first-order valence-corrected chi connectivity index (χ1v) is 6.56. The molecule has 3 N–H and O–H groups in total.